The van der Waals surface area contributed by atoms with Crippen molar-refractivity contribution in [3.05, 3.63) is 36.2 Å². The third-order valence-electron chi connectivity index (χ3n) is 4.00. The number of hydrogen-bond donors (Lipinski definition) is 2. The summed E-state index contributed by atoms with van der Waals surface area (Å²) in [6.45, 7) is 11.1. The maximum Gasteiger partial charge on any atom is 0.253 e. The number of carbonyl (C=O) groups excluding carboxylic acids is 2. The lowest BCUT2D eigenvalue weighted by Gasteiger charge is -2.32. The van der Waals surface area contributed by atoms with Crippen LogP contribution in [0.1, 0.15) is 49.7 Å². The number of rotatable bonds is 3. The molecule has 1 atom stereocenters. The van der Waals surface area contributed by atoms with Crippen LogP contribution < -0.4 is 5.32 Å². The summed E-state index contributed by atoms with van der Waals surface area (Å²) in [7, 11) is 0. The molecule has 1 aliphatic heterocycles. The fourth-order valence-electron chi connectivity index (χ4n) is 2.65. The first kappa shape index (κ1) is 16.3. The standard InChI is InChI=1S/C17H25N3O2/c1-5-15(21)20-8-6-7-13(11-20)19-16(22)12-9-14(18-10-12)17(2,3)4/h5,9-10,13,18H,1,6-8,11H2,2-4H3,(H,19,22)/t13-/m1/s1. The molecule has 0 bridgehead atoms. The molecule has 2 amide bonds. The largest absolute Gasteiger partial charge is 0.364 e. The van der Waals surface area contributed by atoms with Crippen LogP contribution in [0.25, 0.3) is 0 Å². The number of nitrogens with one attached hydrogen (secondary N) is 2. The molecule has 0 aromatic carbocycles. The first-order valence-corrected chi connectivity index (χ1v) is 7.72. The van der Waals surface area contributed by atoms with E-state index in [4.69, 9.17) is 0 Å². The van der Waals surface area contributed by atoms with Gasteiger partial charge in [-0.05, 0) is 25.0 Å². The van der Waals surface area contributed by atoms with Gasteiger partial charge in [0.1, 0.15) is 0 Å². The average molecular weight is 303 g/mol. The highest BCUT2D eigenvalue weighted by atomic mass is 16.2. The molecule has 5 heteroatoms. The number of nitrogens with zero attached hydrogens (tertiary/aromatic N) is 1. The molecule has 1 saturated heterocycles. The van der Waals surface area contributed by atoms with E-state index in [2.05, 4.69) is 37.7 Å². The van der Waals surface area contributed by atoms with Crippen LogP contribution >= 0.6 is 0 Å². The first-order valence-electron chi connectivity index (χ1n) is 7.72. The van der Waals surface area contributed by atoms with Crippen LogP contribution in [0, 0.1) is 0 Å². The molecule has 0 aliphatic carbocycles. The second-order valence-electron chi connectivity index (χ2n) is 6.85. The Hall–Kier alpha value is -2.04. The third-order valence-corrected chi connectivity index (χ3v) is 4.00. The summed E-state index contributed by atoms with van der Waals surface area (Å²) in [6, 6.07) is 1.89. The van der Waals surface area contributed by atoms with E-state index in [1.807, 2.05) is 6.07 Å². The number of aromatic nitrogens is 1. The summed E-state index contributed by atoms with van der Waals surface area (Å²) in [5.41, 5.74) is 1.65. The van der Waals surface area contributed by atoms with Gasteiger partial charge in [0.15, 0.2) is 0 Å². The molecule has 0 unspecified atom stereocenters. The Kier molecular flexibility index (Phi) is 4.74. The number of H-pyrrole nitrogens is 1. The molecule has 2 rings (SSSR count). The molecule has 2 N–H and O–H groups in total. The molecule has 0 radical (unpaired) electrons. The van der Waals surface area contributed by atoms with E-state index in [9.17, 15) is 9.59 Å². The van der Waals surface area contributed by atoms with Gasteiger partial charge in [-0.25, -0.2) is 0 Å². The average Bonchev–Trinajstić information content (AvgIpc) is 2.96. The predicted molar refractivity (Wildman–Crippen MR) is 86.8 cm³/mol. The monoisotopic (exact) mass is 303 g/mol. The van der Waals surface area contributed by atoms with Crippen LogP contribution in [0.5, 0.6) is 0 Å². The summed E-state index contributed by atoms with van der Waals surface area (Å²) < 4.78 is 0. The number of carbonyl (C=O) groups is 2. The van der Waals surface area contributed by atoms with Crippen molar-refractivity contribution in [2.24, 2.45) is 0 Å². The van der Waals surface area contributed by atoms with Gasteiger partial charge in [-0.3, -0.25) is 9.59 Å². The maximum absolute atomic E-state index is 12.3. The fourth-order valence-corrected chi connectivity index (χ4v) is 2.65. The summed E-state index contributed by atoms with van der Waals surface area (Å²) in [5, 5.41) is 3.02. The lowest BCUT2D eigenvalue weighted by atomic mass is 9.92. The highest BCUT2D eigenvalue weighted by Gasteiger charge is 2.24. The van der Waals surface area contributed by atoms with Gasteiger partial charge in [0.2, 0.25) is 5.91 Å². The molecule has 120 valence electrons. The van der Waals surface area contributed by atoms with Crippen LogP contribution in [0.4, 0.5) is 0 Å². The highest BCUT2D eigenvalue weighted by molar-refractivity contribution is 5.94. The first-order chi connectivity index (χ1) is 10.3. The molecule has 1 aromatic rings. The molecular formula is C17H25N3O2. The van der Waals surface area contributed by atoms with Gasteiger partial charge in [-0.1, -0.05) is 27.4 Å². The van der Waals surface area contributed by atoms with E-state index in [-0.39, 0.29) is 23.3 Å². The Morgan fingerprint density at radius 2 is 2.18 bits per heavy atom. The molecule has 5 nitrogen and oxygen atoms in total. The van der Waals surface area contributed by atoms with E-state index >= 15 is 0 Å². The van der Waals surface area contributed by atoms with E-state index in [0.29, 0.717) is 12.1 Å². The van der Waals surface area contributed by atoms with E-state index in [0.717, 1.165) is 25.1 Å². The van der Waals surface area contributed by atoms with Crippen molar-refractivity contribution in [2.75, 3.05) is 13.1 Å². The minimum absolute atomic E-state index is 0.00173. The summed E-state index contributed by atoms with van der Waals surface area (Å²) in [4.78, 5) is 28.9. The lowest BCUT2D eigenvalue weighted by Crippen LogP contribution is -2.49. The van der Waals surface area contributed by atoms with E-state index in [1.54, 1.807) is 11.1 Å². The molecule has 1 aromatic heterocycles. The maximum atomic E-state index is 12.3. The van der Waals surface area contributed by atoms with Crippen molar-refractivity contribution in [3.8, 4) is 0 Å². The van der Waals surface area contributed by atoms with Crippen molar-refractivity contribution < 1.29 is 9.59 Å². The summed E-state index contributed by atoms with van der Waals surface area (Å²) in [6.07, 6.45) is 4.85. The number of amides is 2. The normalized spacial score (nSPS) is 18.9. The van der Waals surface area contributed by atoms with Gasteiger partial charge in [0.25, 0.3) is 5.91 Å². The Morgan fingerprint density at radius 3 is 2.77 bits per heavy atom. The van der Waals surface area contributed by atoms with Gasteiger partial charge < -0.3 is 15.2 Å². The molecule has 1 fully saturated rings. The topological polar surface area (TPSA) is 65.2 Å². The number of aromatic amines is 1. The zero-order valence-electron chi connectivity index (χ0n) is 13.6. The van der Waals surface area contributed by atoms with Crippen LogP contribution in [0.15, 0.2) is 24.9 Å². The number of likely N-dealkylation sites (tertiary alicyclic amines) is 1. The predicted octanol–water partition coefficient (Wildman–Crippen LogP) is 2.22. The number of piperidine rings is 1. The SMILES string of the molecule is C=CC(=O)N1CCC[C@@H](NC(=O)c2c[nH]c(C(C)(C)C)c2)C1. The Morgan fingerprint density at radius 1 is 1.45 bits per heavy atom. The van der Waals surface area contributed by atoms with Crippen molar-refractivity contribution in [3.63, 3.8) is 0 Å². The highest BCUT2D eigenvalue weighted by Crippen LogP contribution is 2.21. The molecule has 1 aliphatic rings. The van der Waals surface area contributed by atoms with Crippen LogP contribution in [0.2, 0.25) is 0 Å². The van der Waals surface area contributed by atoms with Crippen LogP contribution in [-0.2, 0) is 10.2 Å². The van der Waals surface area contributed by atoms with Crippen LogP contribution in [-0.4, -0.2) is 40.8 Å². The van der Waals surface area contributed by atoms with Crippen molar-refractivity contribution in [1.29, 1.82) is 0 Å². The zero-order chi connectivity index (χ0) is 16.3. The molecule has 2 heterocycles. The van der Waals surface area contributed by atoms with E-state index in [1.165, 1.54) is 6.08 Å². The molecule has 0 saturated carbocycles. The van der Waals surface area contributed by atoms with Crippen molar-refractivity contribution in [2.45, 2.75) is 45.1 Å². The van der Waals surface area contributed by atoms with Crippen molar-refractivity contribution in [1.82, 2.24) is 15.2 Å². The zero-order valence-corrected chi connectivity index (χ0v) is 13.6. The Balaban J connectivity index is 1.98. The second-order valence-corrected chi connectivity index (χ2v) is 6.85. The molecule has 0 spiro atoms. The summed E-state index contributed by atoms with van der Waals surface area (Å²) in [5.74, 6) is -0.166. The molecule has 22 heavy (non-hydrogen) atoms. The quantitative estimate of drug-likeness (QED) is 0.841. The smallest absolute Gasteiger partial charge is 0.253 e. The summed E-state index contributed by atoms with van der Waals surface area (Å²) >= 11 is 0. The van der Waals surface area contributed by atoms with Gasteiger partial charge in [-0.15, -0.1) is 0 Å². The van der Waals surface area contributed by atoms with Gasteiger partial charge >= 0.3 is 0 Å². The van der Waals surface area contributed by atoms with Crippen molar-refractivity contribution >= 4 is 11.8 Å². The van der Waals surface area contributed by atoms with E-state index < -0.39 is 0 Å². The Labute approximate surface area is 131 Å². The van der Waals surface area contributed by atoms with Gasteiger partial charge in [-0.2, -0.15) is 0 Å². The minimum atomic E-state index is -0.0929. The second kappa shape index (κ2) is 6.38. The van der Waals surface area contributed by atoms with Crippen LogP contribution in [0.3, 0.4) is 0 Å². The third kappa shape index (κ3) is 3.78. The molecular weight excluding hydrogens is 278 g/mol. The lowest BCUT2D eigenvalue weighted by molar-refractivity contribution is -0.127. The number of hydrogen-bond acceptors (Lipinski definition) is 2. The minimum Gasteiger partial charge on any atom is -0.364 e. The van der Waals surface area contributed by atoms with Gasteiger partial charge in [0.05, 0.1) is 5.56 Å². The van der Waals surface area contributed by atoms with Gasteiger partial charge in [0, 0.05) is 36.4 Å². The fraction of sp³-hybridized carbons (Fsp3) is 0.529. The Bertz CT molecular complexity index is 569.